The summed E-state index contributed by atoms with van der Waals surface area (Å²) >= 11 is 0. The summed E-state index contributed by atoms with van der Waals surface area (Å²) in [7, 11) is 0. The van der Waals surface area contributed by atoms with Gasteiger partial charge in [0.15, 0.2) is 0 Å². The molecule has 2 aliphatic heterocycles. The first-order chi connectivity index (χ1) is 12.7. The van der Waals surface area contributed by atoms with Gasteiger partial charge in [-0.05, 0) is 18.2 Å². The maximum absolute atomic E-state index is 12.8. The zero-order chi connectivity index (χ0) is 18.1. The molecule has 2 atom stereocenters. The number of nitrogens with zero attached hydrogens (tertiary/aromatic N) is 1. The molecular formula is C22H27BrN2O2. The van der Waals surface area contributed by atoms with Crippen molar-refractivity contribution in [3.05, 3.63) is 61.3 Å². The van der Waals surface area contributed by atoms with Crippen molar-refractivity contribution in [2.75, 3.05) is 13.1 Å². The SMILES string of the molecule is C=CC[N+]1(CC=C)C2CCC1CC(OC(=O)c1c[nH]c3ccccc13)C2.[Br-]. The summed E-state index contributed by atoms with van der Waals surface area (Å²) in [5, 5.41) is 0.930. The maximum atomic E-state index is 12.8. The monoisotopic (exact) mass is 430 g/mol. The van der Waals surface area contributed by atoms with Crippen LogP contribution in [0.1, 0.15) is 36.0 Å². The molecule has 1 aromatic carbocycles. The zero-order valence-corrected chi connectivity index (χ0v) is 17.2. The predicted molar refractivity (Wildman–Crippen MR) is 104 cm³/mol. The van der Waals surface area contributed by atoms with Crippen molar-refractivity contribution >= 4 is 16.9 Å². The second-order valence-electron chi connectivity index (χ2n) is 7.68. The summed E-state index contributed by atoms with van der Waals surface area (Å²) < 4.78 is 7.00. The van der Waals surface area contributed by atoms with Crippen molar-refractivity contribution in [2.24, 2.45) is 0 Å². The Kier molecular flexibility index (Phi) is 5.92. The lowest BCUT2D eigenvalue weighted by molar-refractivity contribution is -0.956. The highest BCUT2D eigenvalue weighted by Crippen LogP contribution is 2.43. The predicted octanol–water partition coefficient (Wildman–Crippen LogP) is 1.21. The number of halogens is 1. The third kappa shape index (κ3) is 3.39. The number of aromatic nitrogens is 1. The van der Waals surface area contributed by atoms with E-state index in [1.807, 2.05) is 36.4 Å². The lowest BCUT2D eigenvalue weighted by Gasteiger charge is -2.48. The standard InChI is InChI=1S/C22H26N2O2.BrH/c1-3-11-24(12-4-2)16-9-10-17(24)14-18(13-16)26-22(25)20-15-23-21-8-6-5-7-19(20)21;/h3-8,15-18H,1-2,9-14H2;1H. The number of hydrogen-bond acceptors (Lipinski definition) is 2. The summed E-state index contributed by atoms with van der Waals surface area (Å²) in [6.07, 6.45) is 10.1. The maximum Gasteiger partial charge on any atom is 0.340 e. The van der Waals surface area contributed by atoms with Crippen LogP contribution in [-0.4, -0.2) is 46.7 Å². The number of para-hydroxylation sites is 1. The van der Waals surface area contributed by atoms with E-state index in [4.69, 9.17) is 4.74 Å². The Labute approximate surface area is 171 Å². The third-order valence-electron chi connectivity index (χ3n) is 6.38. The van der Waals surface area contributed by atoms with E-state index >= 15 is 0 Å². The third-order valence-corrected chi connectivity index (χ3v) is 6.38. The van der Waals surface area contributed by atoms with Crippen LogP contribution in [0.3, 0.4) is 0 Å². The van der Waals surface area contributed by atoms with Crippen LogP contribution in [0.15, 0.2) is 55.8 Å². The molecule has 4 nitrogen and oxygen atoms in total. The van der Waals surface area contributed by atoms with E-state index in [1.165, 1.54) is 12.8 Å². The number of nitrogens with one attached hydrogen (secondary N) is 1. The number of aromatic amines is 1. The van der Waals surface area contributed by atoms with Crippen LogP contribution < -0.4 is 17.0 Å². The molecule has 2 unspecified atom stereocenters. The number of carbonyl (C=O) groups excluding carboxylic acids is 1. The van der Waals surface area contributed by atoms with Gasteiger partial charge in [0.2, 0.25) is 0 Å². The molecule has 0 spiro atoms. The van der Waals surface area contributed by atoms with Gasteiger partial charge < -0.3 is 31.2 Å². The number of carbonyl (C=O) groups is 1. The van der Waals surface area contributed by atoms with Gasteiger partial charge >= 0.3 is 5.97 Å². The second kappa shape index (κ2) is 8.03. The van der Waals surface area contributed by atoms with Crippen LogP contribution in [-0.2, 0) is 4.74 Å². The quantitative estimate of drug-likeness (QED) is 0.425. The zero-order valence-electron chi connectivity index (χ0n) is 15.6. The minimum absolute atomic E-state index is 0. The van der Waals surface area contributed by atoms with Crippen LogP contribution in [0.2, 0.25) is 0 Å². The molecular weight excluding hydrogens is 404 g/mol. The minimum Gasteiger partial charge on any atom is -1.00 e. The van der Waals surface area contributed by atoms with E-state index in [0.29, 0.717) is 17.6 Å². The van der Waals surface area contributed by atoms with Gasteiger partial charge in [-0.3, -0.25) is 0 Å². The molecule has 2 saturated heterocycles. The fourth-order valence-corrected chi connectivity index (χ4v) is 5.26. The number of fused-ring (bicyclic) bond motifs is 3. The minimum atomic E-state index is -0.209. The Bertz CT molecular complexity index is 818. The number of rotatable bonds is 6. The summed E-state index contributed by atoms with van der Waals surface area (Å²) in [5.74, 6) is -0.209. The molecule has 2 fully saturated rings. The normalized spacial score (nSPS) is 25.6. The van der Waals surface area contributed by atoms with E-state index < -0.39 is 0 Å². The number of quaternary nitrogens is 1. The molecule has 4 rings (SSSR count). The van der Waals surface area contributed by atoms with E-state index in [2.05, 4.69) is 18.1 Å². The first kappa shape index (κ1) is 19.9. The number of ether oxygens (including phenoxy) is 1. The fraction of sp³-hybridized carbons (Fsp3) is 0.409. The van der Waals surface area contributed by atoms with Crippen LogP contribution in [0, 0.1) is 0 Å². The van der Waals surface area contributed by atoms with Crippen molar-refractivity contribution < 1.29 is 31.0 Å². The van der Waals surface area contributed by atoms with Gasteiger partial charge in [0.05, 0.1) is 30.7 Å². The highest BCUT2D eigenvalue weighted by Gasteiger charge is 2.53. The Morgan fingerprint density at radius 1 is 1.15 bits per heavy atom. The molecule has 1 N–H and O–H groups in total. The average Bonchev–Trinajstić information content (AvgIpc) is 3.11. The largest absolute Gasteiger partial charge is 1.00 e. The van der Waals surface area contributed by atoms with Gasteiger partial charge in [0.25, 0.3) is 0 Å². The van der Waals surface area contributed by atoms with Gasteiger partial charge in [0, 0.05) is 42.8 Å². The Morgan fingerprint density at radius 3 is 2.41 bits per heavy atom. The number of piperidine rings is 1. The molecule has 0 radical (unpaired) electrons. The molecule has 0 amide bonds. The molecule has 2 bridgehead atoms. The van der Waals surface area contributed by atoms with Crippen LogP contribution in [0.25, 0.3) is 10.9 Å². The molecule has 3 heterocycles. The van der Waals surface area contributed by atoms with Crippen molar-refractivity contribution in [1.82, 2.24) is 4.98 Å². The van der Waals surface area contributed by atoms with Crippen molar-refractivity contribution in [2.45, 2.75) is 43.9 Å². The summed E-state index contributed by atoms with van der Waals surface area (Å²) in [4.78, 5) is 15.9. The topological polar surface area (TPSA) is 42.1 Å². The molecule has 2 aliphatic rings. The Morgan fingerprint density at radius 2 is 1.78 bits per heavy atom. The lowest BCUT2D eigenvalue weighted by atomic mass is 9.95. The van der Waals surface area contributed by atoms with E-state index in [1.54, 1.807) is 6.20 Å². The van der Waals surface area contributed by atoms with Crippen LogP contribution in [0.4, 0.5) is 0 Å². The van der Waals surface area contributed by atoms with Gasteiger partial charge in [-0.15, -0.1) is 0 Å². The highest BCUT2D eigenvalue weighted by molar-refractivity contribution is 6.04. The van der Waals surface area contributed by atoms with Crippen molar-refractivity contribution in [3.63, 3.8) is 0 Å². The molecule has 144 valence electrons. The van der Waals surface area contributed by atoms with Crippen LogP contribution in [0.5, 0.6) is 0 Å². The number of H-pyrrole nitrogens is 1. The number of benzene rings is 1. The molecule has 5 heteroatoms. The van der Waals surface area contributed by atoms with Crippen LogP contribution >= 0.6 is 0 Å². The molecule has 0 saturated carbocycles. The first-order valence-electron chi connectivity index (χ1n) is 9.53. The van der Waals surface area contributed by atoms with E-state index in [-0.39, 0.29) is 29.1 Å². The van der Waals surface area contributed by atoms with E-state index in [9.17, 15) is 4.79 Å². The number of hydrogen-bond donors (Lipinski definition) is 1. The highest BCUT2D eigenvalue weighted by atomic mass is 79.9. The molecule has 0 aliphatic carbocycles. The number of esters is 1. The molecule has 2 aromatic rings. The fourth-order valence-electron chi connectivity index (χ4n) is 5.26. The average molecular weight is 431 g/mol. The Hall–Kier alpha value is -1.85. The van der Waals surface area contributed by atoms with Crippen molar-refractivity contribution in [3.8, 4) is 0 Å². The summed E-state index contributed by atoms with van der Waals surface area (Å²) in [6.45, 7) is 9.89. The summed E-state index contributed by atoms with van der Waals surface area (Å²) in [6, 6.07) is 8.91. The second-order valence-corrected chi connectivity index (χ2v) is 7.68. The van der Waals surface area contributed by atoms with Gasteiger partial charge in [0.1, 0.15) is 6.10 Å². The molecule has 27 heavy (non-hydrogen) atoms. The Balaban J connectivity index is 0.00000210. The smallest absolute Gasteiger partial charge is 0.340 e. The van der Waals surface area contributed by atoms with E-state index in [0.717, 1.165) is 41.3 Å². The summed E-state index contributed by atoms with van der Waals surface area (Å²) in [5.41, 5.74) is 1.60. The first-order valence-corrected chi connectivity index (χ1v) is 9.53. The van der Waals surface area contributed by atoms with Gasteiger partial charge in [-0.1, -0.05) is 31.4 Å². The lowest BCUT2D eigenvalue weighted by Crippen LogP contribution is -3.00. The van der Waals surface area contributed by atoms with Gasteiger partial charge in [-0.25, -0.2) is 4.79 Å². The molecule has 1 aromatic heterocycles. The van der Waals surface area contributed by atoms with Gasteiger partial charge in [-0.2, -0.15) is 0 Å². The van der Waals surface area contributed by atoms with Crippen molar-refractivity contribution in [1.29, 1.82) is 0 Å².